The van der Waals surface area contributed by atoms with Gasteiger partial charge in [0.2, 0.25) is 0 Å². The SMILES string of the molecule is CC(CN(C)C(C)C1CC1)C(O)c1ccccc1. The average Bonchev–Trinajstić information content (AvgIpc) is 3.22. The fourth-order valence-electron chi connectivity index (χ4n) is 2.64. The highest BCUT2D eigenvalue weighted by atomic mass is 16.3. The number of nitrogens with zero attached hydrogens (tertiary/aromatic N) is 1. The number of aliphatic hydroxyl groups is 1. The highest BCUT2D eigenvalue weighted by Gasteiger charge is 2.31. The van der Waals surface area contributed by atoms with Gasteiger partial charge < -0.3 is 10.0 Å². The molecule has 2 heteroatoms. The van der Waals surface area contributed by atoms with Gasteiger partial charge in [-0.25, -0.2) is 0 Å². The minimum Gasteiger partial charge on any atom is -0.388 e. The first-order valence-electron chi connectivity index (χ1n) is 7.03. The number of hydrogen-bond acceptors (Lipinski definition) is 2. The maximum absolute atomic E-state index is 10.3. The minimum atomic E-state index is -0.361. The molecule has 0 aromatic heterocycles. The molecular weight excluding hydrogens is 222 g/mol. The zero-order valence-corrected chi connectivity index (χ0v) is 11.7. The van der Waals surface area contributed by atoms with Crippen molar-refractivity contribution in [1.29, 1.82) is 0 Å². The van der Waals surface area contributed by atoms with Crippen LogP contribution in [-0.4, -0.2) is 29.6 Å². The van der Waals surface area contributed by atoms with Crippen LogP contribution in [0.2, 0.25) is 0 Å². The van der Waals surface area contributed by atoms with Crippen LogP contribution in [0.5, 0.6) is 0 Å². The predicted molar refractivity (Wildman–Crippen MR) is 75.4 cm³/mol. The van der Waals surface area contributed by atoms with Crippen LogP contribution in [0.3, 0.4) is 0 Å². The second kappa shape index (κ2) is 5.85. The molecule has 1 saturated carbocycles. The highest BCUT2D eigenvalue weighted by molar-refractivity contribution is 5.17. The summed E-state index contributed by atoms with van der Waals surface area (Å²) >= 11 is 0. The lowest BCUT2D eigenvalue weighted by Crippen LogP contribution is -2.35. The molecule has 2 nitrogen and oxygen atoms in total. The van der Waals surface area contributed by atoms with E-state index in [1.807, 2.05) is 30.3 Å². The van der Waals surface area contributed by atoms with Crippen LogP contribution in [0.15, 0.2) is 30.3 Å². The first-order chi connectivity index (χ1) is 8.59. The third-order valence-electron chi connectivity index (χ3n) is 4.26. The van der Waals surface area contributed by atoms with E-state index >= 15 is 0 Å². The van der Waals surface area contributed by atoms with Gasteiger partial charge in [-0.05, 0) is 44.2 Å². The van der Waals surface area contributed by atoms with E-state index in [1.54, 1.807) is 0 Å². The quantitative estimate of drug-likeness (QED) is 0.835. The summed E-state index contributed by atoms with van der Waals surface area (Å²) < 4.78 is 0. The number of benzene rings is 1. The standard InChI is InChI=1S/C16H25NO/c1-12(11-17(3)13(2)14-9-10-14)16(18)15-7-5-4-6-8-15/h4-8,12-14,16,18H,9-11H2,1-3H3. The van der Waals surface area contributed by atoms with Gasteiger partial charge in [-0.2, -0.15) is 0 Å². The van der Waals surface area contributed by atoms with Crippen molar-refractivity contribution in [1.82, 2.24) is 4.90 Å². The average molecular weight is 247 g/mol. The summed E-state index contributed by atoms with van der Waals surface area (Å²) in [5.41, 5.74) is 1.03. The van der Waals surface area contributed by atoms with Gasteiger partial charge in [0, 0.05) is 12.6 Å². The summed E-state index contributed by atoms with van der Waals surface area (Å²) in [5, 5.41) is 10.3. The van der Waals surface area contributed by atoms with Crippen molar-refractivity contribution in [3.05, 3.63) is 35.9 Å². The van der Waals surface area contributed by atoms with Crippen molar-refractivity contribution < 1.29 is 5.11 Å². The molecule has 0 radical (unpaired) electrons. The number of hydrogen-bond donors (Lipinski definition) is 1. The van der Waals surface area contributed by atoms with Gasteiger partial charge in [-0.1, -0.05) is 37.3 Å². The molecule has 1 fully saturated rings. The maximum atomic E-state index is 10.3. The normalized spacial score (nSPS) is 20.7. The molecule has 0 amide bonds. The second-order valence-electron chi connectivity index (χ2n) is 5.85. The molecule has 0 heterocycles. The van der Waals surface area contributed by atoms with E-state index in [4.69, 9.17) is 0 Å². The third-order valence-corrected chi connectivity index (χ3v) is 4.26. The summed E-state index contributed by atoms with van der Waals surface area (Å²) in [7, 11) is 2.18. The van der Waals surface area contributed by atoms with E-state index < -0.39 is 0 Å². The first kappa shape index (κ1) is 13.6. The van der Waals surface area contributed by atoms with Crippen molar-refractivity contribution in [3.63, 3.8) is 0 Å². The molecule has 0 saturated heterocycles. The molecule has 2 rings (SSSR count). The molecule has 1 N–H and O–H groups in total. The molecule has 100 valence electrons. The molecule has 3 atom stereocenters. The molecule has 0 bridgehead atoms. The Hall–Kier alpha value is -0.860. The molecule has 0 spiro atoms. The lowest BCUT2D eigenvalue weighted by molar-refractivity contribution is 0.0826. The van der Waals surface area contributed by atoms with E-state index in [0.717, 1.165) is 18.0 Å². The van der Waals surface area contributed by atoms with Gasteiger partial charge in [0.25, 0.3) is 0 Å². The van der Waals surface area contributed by atoms with Crippen molar-refractivity contribution >= 4 is 0 Å². The van der Waals surface area contributed by atoms with Crippen molar-refractivity contribution in [2.75, 3.05) is 13.6 Å². The topological polar surface area (TPSA) is 23.5 Å². The Kier molecular flexibility index (Phi) is 4.41. The van der Waals surface area contributed by atoms with Gasteiger partial charge in [0.1, 0.15) is 0 Å². The van der Waals surface area contributed by atoms with Gasteiger partial charge >= 0.3 is 0 Å². The van der Waals surface area contributed by atoms with Crippen LogP contribution >= 0.6 is 0 Å². The lowest BCUT2D eigenvalue weighted by atomic mass is 9.96. The fraction of sp³-hybridized carbons (Fsp3) is 0.625. The monoisotopic (exact) mass is 247 g/mol. The minimum absolute atomic E-state index is 0.263. The lowest BCUT2D eigenvalue weighted by Gasteiger charge is -2.29. The summed E-state index contributed by atoms with van der Waals surface area (Å²) in [6.07, 6.45) is 2.39. The van der Waals surface area contributed by atoms with E-state index in [-0.39, 0.29) is 12.0 Å². The molecule has 3 unspecified atom stereocenters. The van der Waals surface area contributed by atoms with Crippen LogP contribution < -0.4 is 0 Å². The Balaban J connectivity index is 1.88. The third kappa shape index (κ3) is 3.33. The zero-order chi connectivity index (χ0) is 13.1. The number of aliphatic hydroxyl groups excluding tert-OH is 1. The van der Waals surface area contributed by atoms with Gasteiger partial charge in [-0.15, -0.1) is 0 Å². The Morgan fingerprint density at radius 2 is 1.83 bits per heavy atom. The smallest absolute Gasteiger partial charge is 0.0827 e. The maximum Gasteiger partial charge on any atom is 0.0827 e. The van der Waals surface area contributed by atoms with E-state index in [1.165, 1.54) is 12.8 Å². The first-order valence-corrected chi connectivity index (χ1v) is 7.03. The Bertz CT molecular complexity index is 361. The van der Waals surface area contributed by atoms with Gasteiger partial charge in [-0.3, -0.25) is 0 Å². The Morgan fingerprint density at radius 3 is 2.39 bits per heavy atom. The van der Waals surface area contributed by atoms with E-state index in [2.05, 4.69) is 25.8 Å². The fourth-order valence-corrected chi connectivity index (χ4v) is 2.64. The van der Waals surface area contributed by atoms with Crippen molar-refractivity contribution in [2.45, 2.75) is 38.8 Å². The van der Waals surface area contributed by atoms with Crippen LogP contribution in [0.4, 0.5) is 0 Å². The predicted octanol–water partition coefficient (Wildman–Crippen LogP) is 3.09. The summed E-state index contributed by atoms with van der Waals surface area (Å²) in [4.78, 5) is 2.40. The van der Waals surface area contributed by atoms with Crippen LogP contribution in [-0.2, 0) is 0 Å². The van der Waals surface area contributed by atoms with Crippen LogP contribution in [0.1, 0.15) is 38.4 Å². The number of rotatable bonds is 6. The molecule has 0 aliphatic heterocycles. The molecule has 1 aromatic rings. The molecule has 1 aliphatic carbocycles. The van der Waals surface area contributed by atoms with E-state index in [9.17, 15) is 5.11 Å². The highest BCUT2D eigenvalue weighted by Crippen LogP contribution is 2.35. The Morgan fingerprint density at radius 1 is 1.22 bits per heavy atom. The van der Waals surface area contributed by atoms with Gasteiger partial charge in [0.15, 0.2) is 0 Å². The van der Waals surface area contributed by atoms with Gasteiger partial charge in [0.05, 0.1) is 6.10 Å². The van der Waals surface area contributed by atoms with Crippen molar-refractivity contribution in [2.24, 2.45) is 11.8 Å². The summed E-state index contributed by atoms with van der Waals surface area (Å²) in [6.45, 7) is 5.39. The van der Waals surface area contributed by atoms with Crippen LogP contribution in [0, 0.1) is 11.8 Å². The summed E-state index contributed by atoms with van der Waals surface area (Å²) in [5.74, 6) is 1.15. The van der Waals surface area contributed by atoms with Crippen molar-refractivity contribution in [3.8, 4) is 0 Å². The molecular formula is C16H25NO. The largest absolute Gasteiger partial charge is 0.388 e. The zero-order valence-electron chi connectivity index (χ0n) is 11.7. The summed E-state index contributed by atoms with van der Waals surface area (Å²) in [6, 6.07) is 10.6. The second-order valence-corrected chi connectivity index (χ2v) is 5.85. The van der Waals surface area contributed by atoms with Crippen LogP contribution in [0.25, 0.3) is 0 Å². The molecule has 1 aliphatic rings. The molecule has 1 aromatic carbocycles. The molecule has 18 heavy (non-hydrogen) atoms. The Labute approximate surface area is 111 Å². The van der Waals surface area contributed by atoms with E-state index in [0.29, 0.717) is 6.04 Å².